The molecule has 1 fully saturated rings. The Balaban J connectivity index is 1.85. The SMILES string of the molecule is COc1ccc2c3c(c4cc(OC)c(O)cc4c2c1)CN1CCCC[C@H]1C3. The van der Waals surface area contributed by atoms with Gasteiger partial charge in [-0.15, -0.1) is 0 Å². The van der Waals surface area contributed by atoms with E-state index < -0.39 is 0 Å². The molecule has 3 aromatic carbocycles. The fourth-order valence-corrected chi connectivity index (χ4v) is 5.02. The Morgan fingerprint density at radius 2 is 1.78 bits per heavy atom. The van der Waals surface area contributed by atoms with Gasteiger partial charge in [0.05, 0.1) is 14.2 Å². The van der Waals surface area contributed by atoms with E-state index in [0.29, 0.717) is 11.8 Å². The zero-order valence-electron chi connectivity index (χ0n) is 15.9. The average Bonchev–Trinajstić information content (AvgIpc) is 2.72. The number of phenolic OH excluding ortho intramolecular Hbond substituents is 1. The van der Waals surface area contributed by atoms with Crippen LogP contribution in [-0.4, -0.2) is 36.8 Å². The summed E-state index contributed by atoms with van der Waals surface area (Å²) >= 11 is 0. The van der Waals surface area contributed by atoms with Crippen LogP contribution in [0.25, 0.3) is 21.5 Å². The molecule has 27 heavy (non-hydrogen) atoms. The highest BCUT2D eigenvalue weighted by Gasteiger charge is 2.31. The summed E-state index contributed by atoms with van der Waals surface area (Å²) < 4.78 is 10.9. The number of hydrogen-bond acceptors (Lipinski definition) is 4. The van der Waals surface area contributed by atoms with Gasteiger partial charge in [-0.2, -0.15) is 0 Å². The van der Waals surface area contributed by atoms with Gasteiger partial charge in [0.1, 0.15) is 5.75 Å². The molecular formula is C23H25NO3. The summed E-state index contributed by atoms with van der Waals surface area (Å²) in [4.78, 5) is 2.64. The van der Waals surface area contributed by atoms with Crippen molar-refractivity contribution in [2.45, 2.75) is 38.3 Å². The number of aromatic hydroxyl groups is 1. The Hall–Kier alpha value is -2.46. The lowest BCUT2D eigenvalue weighted by Gasteiger charge is -2.41. The number of hydrogen-bond donors (Lipinski definition) is 1. The third-order valence-corrected chi connectivity index (χ3v) is 6.40. The van der Waals surface area contributed by atoms with E-state index in [-0.39, 0.29) is 5.75 Å². The quantitative estimate of drug-likeness (QED) is 0.674. The molecule has 0 amide bonds. The highest BCUT2D eigenvalue weighted by molar-refractivity contribution is 6.12. The summed E-state index contributed by atoms with van der Waals surface area (Å²) in [6.45, 7) is 2.16. The molecular weight excluding hydrogens is 338 g/mol. The second kappa shape index (κ2) is 6.31. The minimum Gasteiger partial charge on any atom is -0.504 e. The van der Waals surface area contributed by atoms with Crippen molar-refractivity contribution in [2.24, 2.45) is 0 Å². The van der Waals surface area contributed by atoms with Crippen LogP contribution in [0.1, 0.15) is 30.4 Å². The molecule has 0 radical (unpaired) electrons. The van der Waals surface area contributed by atoms with Gasteiger partial charge in [0.25, 0.3) is 0 Å². The summed E-state index contributed by atoms with van der Waals surface area (Å²) in [7, 11) is 3.31. The van der Waals surface area contributed by atoms with Crippen LogP contribution < -0.4 is 9.47 Å². The summed E-state index contributed by atoms with van der Waals surface area (Å²) in [5.41, 5.74) is 2.84. The van der Waals surface area contributed by atoms with Crippen molar-refractivity contribution in [1.29, 1.82) is 0 Å². The first-order valence-electron chi connectivity index (χ1n) is 9.76. The molecule has 2 aliphatic rings. The van der Waals surface area contributed by atoms with Crippen LogP contribution in [0.4, 0.5) is 0 Å². The number of phenols is 1. The Bertz CT molecular complexity index is 1040. The van der Waals surface area contributed by atoms with E-state index in [1.54, 1.807) is 14.2 Å². The monoisotopic (exact) mass is 363 g/mol. The Morgan fingerprint density at radius 3 is 2.59 bits per heavy atom. The predicted molar refractivity (Wildman–Crippen MR) is 108 cm³/mol. The van der Waals surface area contributed by atoms with E-state index in [0.717, 1.165) is 29.5 Å². The second-order valence-corrected chi connectivity index (χ2v) is 7.76. The van der Waals surface area contributed by atoms with Crippen molar-refractivity contribution in [3.8, 4) is 17.2 Å². The number of piperidine rings is 1. The van der Waals surface area contributed by atoms with Crippen LogP contribution in [0, 0.1) is 0 Å². The summed E-state index contributed by atoms with van der Waals surface area (Å²) in [5.74, 6) is 1.56. The van der Waals surface area contributed by atoms with Crippen LogP contribution >= 0.6 is 0 Å². The van der Waals surface area contributed by atoms with Crippen LogP contribution in [0.2, 0.25) is 0 Å². The van der Waals surface area contributed by atoms with Gasteiger partial charge in [-0.1, -0.05) is 12.5 Å². The van der Waals surface area contributed by atoms with Crippen LogP contribution in [0.5, 0.6) is 17.2 Å². The molecule has 140 valence electrons. The first-order chi connectivity index (χ1) is 13.2. The van der Waals surface area contributed by atoms with E-state index in [4.69, 9.17) is 9.47 Å². The van der Waals surface area contributed by atoms with Crippen molar-refractivity contribution >= 4 is 21.5 Å². The molecule has 5 rings (SSSR count). The normalized spacial score (nSPS) is 19.7. The molecule has 2 aliphatic heterocycles. The molecule has 4 nitrogen and oxygen atoms in total. The van der Waals surface area contributed by atoms with Crippen molar-refractivity contribution in [3.05, 3.63) is 41.5 Å². The first-order valence-corrected chi connectivity index (χ1v) is 9.76. The Labute approximate surface area is 159 Å². The molecule has 1 N–H and O–H groups in total. The zero-order valence-corrected chi connectivity index (χ0v) is 15.9. The molecule has 0 spiro atoms. The molecule has 0 unspecified atom stereocenters. The molecule has 0 aliphatic carbocycles. The Morgan fingerprint density at radius 1 is 0.926 bits per heavy atom. The van der Waals surface area contributed by atoms with Gasteiger partial charge in [0, 0.05) is 12.6 Å². The molecule has 1 atom stereocenters. The van der Waals surface area contributed by atoms with E-state index in [1.165, 1.54) is 47.7 Å². The Kier molecular flexibility index (Phi) is 3.90. The lowest BCUT2D eigenvalue weighted by molar-refractivity contribution is 0.128. The van der Waals surface area contributed by atoms with Crippen molar-refractivity contribution in [2.75, 3.05) is 20.8 Å². The van der Waals surface area contributed by atoms with Gasteiger partial charge in [-0.25, -0.2) is 0 Å². The van der Waals surface area contributed by atoms with Crippen LogP contribution in [0.15, 0.2) is 30.3 Å². The van der Waals surface area contributed by atoms with Gasteiger partial charge < -0.3 is 14.6 Å². The van der Waals surface area contributed by atoms with Gasteiger partial charge in [-0.3, -0.25) is 4.90 Å². The minimum absolute atomic E-state index is 0.181. The van der Waals surface area contributed by atoms with Crippen molar-refractivity contribution < 1.29 is 14.6 Å². The largest absolute Gasteiger partial charge is 0.504 e. The maximum Gasteiger partial charge on any atom is 0.161 e. The van der Waals surface area contributed by atoms with Crippen molar-refractivity contribution in [1.82, 2.24) is 4.90 Å². The van der Waals surface area contributed by atoms with Crippen LogP contribution in [-0.2, 0) is 13.0 Å². The fraction of sp³-hybridized carbons (Fsp3) is 0.391. The first kappa shape index (κ1) is 16.7. The number of benzene rings is 3. The molecule has 2 heterocycles. The van der Waals surface area contributed by atoms with E-state index >= 15 is 0 Å². The lowest BCUT2D eigenvalue weighted by atomic mass is 9.82. The van der Waals surface area contributed by atoms with Crippen molar-refractivity contribution in [3.63, 3.8) is 0 Å². The van der Waals surface area contributed by atoms with Gasteiger partial charge >= 0.3 is 0 Å². The molecule has 0 aromatic heterocycles. The molecule has 3 aromatic rings. The minimum atomic E-state index is 0.181. The van der Waals surface area contributed by atoms with Crippen LogP contribution in [0.3, 0.4) is 0 Å². The molecule has 0 bridgehead atoms. The third-order valence-electron chi connectivity index (χ3n) is 6.40. The standard InChI is InChI=1S/C23H25NO3/c1-26-15-6-7-16-17-9-14-5-3-4-8-24(14)13-21(17)20-12-23(27-2)22(25)11-19(20)18(16)10-15/h6-7,10-12,14,25H,3-5,8-9,13H2,1-2H3/t14-/m0/s1. The highest BCUT2D eigenvalue weighted by Crippen LogP contribution is 2.43. The molecule has 0 saturated carbocycles. The van der Waals surface area contributed by atoms with E-state index in [1.807, 2.05) is 18.2 Å². The highest BCUT2D eigenvalue weighted by atomic mass is 16.5. The molecule has 1 saturated heterocycles. The fourth-order valence-electron chi connectivity index (χ4n) is 5.02. The summed E-state index contributed by atoms with van der Waals surface area (Å²) in [6.07, 6.45) is 5.00. The predicted octanol–water partition coefficient (Wildman–Crippen LogP) is 4.63. The number of methoxy groups -OCH3 is 2. The smallest absolute Gasteiger partial charge is 0.161 e. The topological polar surface area (TPSA) is 41.9 Å². The van der Waals surface area contributed by atoms with E-state index in [9.17, 15) is 5.11 Å². The number of ether oxygens (including phenoxy) is 2. The van der Waals surface area contributed by atoms with E-state index in [2.05, 4.69) is 17.0 Å². The number of fused-ring (bicyclic) bond motifs is 7. The number of rotatable bonds is 2. The zero-order chi connectivity index (χ0) is 18.5. The second-order valence-electron chi connectivity index (χ2n) is 7.76. The number of nitrogens with zero attached hydrogens (tertiary/aromatic N) is 1. The average molecular weight is 363 g/mol. The van der Waals surface area contributed by atoms with Gasteiger partial charge in [-0.05, 0) is 82.7 Å². The lowest BCUT2D eigenvalue weighted by Crippen LogP contribution is -2.43. The summed E-state index contributed by atoms with van der Waals surface area (Å²) in [5, 5.41) is 15.1. The maximum atomic E-state index is 10.4. The van der Waals surface area contributed by atoms with Gasteiger partial charge in [0.2, 0.25) is 0 Å². The molecule has 4 heteroatoms. The third kappa shape index (κ3) is 2.54. The maximum absolute atomic E-state index is 10.4. The van der Waals surface area contributed by atoms with Gasteiger partial charge in [0.15, 0.2) is 11.5 Å². The summed E-state index contributed by atoms with van der Waals surface area (Å²) in [6, 6.07) is 10.8.